The molecule has 0 saturated heterocycles. The number of phenols is 1. The molecule has 0 bridgehead atoms. The summed E-state index contributed by atoms with van der Waals surface area (Å²) in [6.45, 7) is 12.5. The van der Waals surface area contributed by atoms with E-state index in [1.807, 2.05) is 30.3 Å². The first-order valence-electron chi connectivity index (χ1n) is 11.3. The number of imidazole rings is 1. The number of hydrogen-bond acceptors (Lipinski definition) is 3. The Hall–Kier alpha value is -4.43. The van der Waals surface area contributed by atoms with E-state index in [2.05, 4.69) is 58.6 Å². The molecule has 34 heavy (non-hydrogen) atoms. The average molecular weight is 445 g/mol. The van der Waals surface area contributed by atoms with Crippen molar-refractivity contribution in [3.63, 3.8) is 0 Å². The molecule has 0 radical (unpaired) electrons. The summed E-state index contributed by atoms with van der Waals surface area (Å²) in [5.74, 6) is 1.16. The number of fused-ring (bicyclic) bond motifs is 1. The number of hydrogen-bond donors (Lipinski definition) is 1. The van der Waals surface area contributed by atoms with Crippen molar-refractivity contribution in [2.45, 2.75) is 20.4 Å². The summed E-state index contributed by atoms with van der Waals surface area (Å²) >= 11 is 0. The molecular weight excluding hydrogens is 420 g/mol. The van der Waals surface area contributed by atoms with Gasteiger partial charge >= 0.3 is 0 Å². The topological polar surface area (TPSA) is 55.3 Å². The highest BCUT2D eigenvalue weighted by Crippen LogP contribution is 2.38. The van der Waals surface area contributed by atoms with Gasteiger partial charge in [0, 0.05) is 29.4 Å². The molecule has 0 spiro atoms. The van der Waals surface area contributed by atoms with Gasteiger partial charge in [-0.1, -0.05) is 56.3 Å². The van der Waals surface area contributed by atoms with Crippen molar-refractivity contribution < 1.29 is 5.11 Å². The van der Waals surface area contributed by atoms with Crippen molar-refractivity contribution in [2.75, 3.05) is 0 Å². The Morgan fingerprint density at radius 2 is 1.74 bits per heavy atom. The van der Waals surface area contributed by atoms with E-state index < -0.39 is 0 Å². The van der Waals surface area contributed by atoms with Crippen LogP contribution in [0.5, 0.6) is 5.75 Å². The van der Waals surface area contributed by atoms with Crippen LogP contribution in [0.2, 0.25) is 0 Å². The minimum Gasteiger partial charge on any atom is -0.507 e. The van der Waals surface area contributed by atoms with E-state index >= 15 is 0 Å². The van der Waals surface area contributed by atoms with Crippen LogP contribution in [0.1, 0.15) is 13.8 Å². The van der Waals surface area contributed by atoms with Crippen molar-refractivity contribution in [3.8, 4) is 39.5 Å². The molecule has 0 aliphatic carbocycles. The third kappa shape index (κ3) is 3.91. The molecular formula is C29H24N4O. The molecule has 0 fully saturated rings. The Kier molecular flexibility index (Phi) is 5.57. The minimum absolute atomic E-state index is 0.117. The monoisotopic (exact) mass is 444 g/mol. The average Bonchev–Trinajstić information content (AvgIpc) is 3.22. The van der Waals surface area contributed by atoms with Gasteiger partial charge in [0.15, 0.2) is 5.69 Å². The second kappa shape index (κ2) is 8.84. The maximum Gasteiger partial charge on any atom is 0.188 e. The van der Waals surface area contributed by atoms with Gasteiger partial charge in [0.05, 0.1) is 23.3 Å². The van der Waals surface area contributed by atoms with E-state index in [0.717, 1.165) is 40.0 Å². The van der Waals surface area contributed by atoms with Crippen LogP contribution in [-0.4, -0.2) is 19.6 Å². The van der Waals surface area contributed by atoms with E-state index in [1.165, 1.54) is 0 Å². The van der Waals surface area contributed by atoms with Crippen molar-refractivity contribution >= 4 is 16.7 Å². The number of aromatic nitrogens is 3. The molecule has 2 aromatic heterocycles. The summed E-state index contributed by atoms with van der Waals surface area (Å²) in [7, 11) is 0. The Balaban J connectivity index is 1.73. The molecule has 1 N–H and O–H groups in total. The van der Waals surface area contributed by atoms with Gasteiger partial charge in [-0.2, -0.15) is 0 Å². The largest absolute Gasteiger partial charge is 0.507 e. The Bertz CT molecular complexity index is 1530. The van der Waals surface area contributed by atoms with E-state index in [1.54, 1.807) is 24.4 Å². The summed E-state index contributed by atoms with van der Waals surface area (Å²) in [6, 6.07) is 25.3. The number of benzene rings is 3. The molecule has 0 saturated carbocycles. The lowest BCUT2D eigenvalue weighted by molar-refractivity contribution is 0.475. The molecule has 5 rings (SSSR count). The van der Waals surface area contributed by atoms with Gasteiger partial charge in [-0.3, -0.25) is 4.98 Å². The first kappa shape index (κ1) is 21.4. The van der Waals surface area contributed by atoms with Crippen LogP contribution in [0.4, 0.5) is 5.69 Å². The summed E-state index contributed by atoms with van der Waals surface area (Å²) in [5, 5.41) is 10.7. The molecule has 0 atom stereocenters. The van der Waals surface area contributed by atoms with Gasteiger partial charge < -0.3 is 9.67 Å². The van der Waals surface area contributed by atoms with Crippen molar-refractivity contribution in [3.05, 3.63) is 96.5 Å². The molecule has 5 heteroatoms. The lowest BCUT2D eigenvalue weighted by Crippen LogP contribution is -2.06. The van der Waals surface area contributed by atoms with Crippen LogP contribution in [0, 0.1) is 12.5 Å². The molecule has 0 unspecified atom stereocenters. The lowest BCUT2D eigenvalue weighted by Gasteiger charge is -2.13. The maximum atomic E-state index is 10.7. The predicted molar refractivity (Wildman–Crippen MR) is 137 cm³/mol. The van der Waals surface area contributed by atoms with E-state index in [9.17, 15) is 5.11 Å². The number of pyridine rings is 1. The first-order valence-corrected chi connectivity index (χ1v) is 11.3. The highest BCUT2D eigenvalue weighted by atomic mass is 16.3. The Morgan fingerprint density at radius 1 is 0.912 bits per heavy atom. The van der Waals surface area contributed by atoms with Gasteiger partial charge in [0.25, 0.3) is 0 Å². The third-order valence-corrected chi connectivity index (χ3v) is 5.81. The minimum atomic E-state index is 0.117. The maximum absolute atomic E-state index is 10.7. The molecule has 166 valence electrons. The van der Waals surface area contributed by atoms with Gasteiger partial charge in [-0.15, -0.1) is 0 Å². The lowest BCUT2D eigenvalue weighted by atomic mass is 10.0. The fourth-order valence-corrected chi connectivity index (χ4v) is 4.29. The van der Waals surface area contributed by atoms with Gasteiger partial charge in [0.1, 0.15) is 11.6 Å². The number of para-hydroxylation sites is 1. The van der Waals surface area contributed by atoms with Crippen LogP contribution >= 0.6 is 0 Å². The summed E-state index contributed by atoms with van der Waals surface area (Å²) in [4.78, 5) is 13.1. The summed E-state index contributed by atoms with van der Waals surface area (Å²) < 4.78 is 2.15. The first-order chi connectivity index (χ1) is 16.5. The van der Waals surface area contributed by atoms with E-state index in [4.69, 9.17) is 11.6 Å². The molecule has 0 amide bonds. The molecule has 2 heterocycles. The second-order valence-corrected chi connectivity index (χ2v) is 8.72. The van der Waals surface area contributed by atoms with Crippen molar-refractivity contribution in [2.24, 2.45) is 5.92 Å². The predicted octanol–water partition coefficient (Wildman–Crippen LogP) is 7.34. The van der Waals surface area contributed by atoms with E-state index in [0.29, 0.717) is 23.0 Å². The molecule has 0 aliphatic rings. The van der Waals surface area contributed by atoms with Gasteiger partial charge in [-0.05, 0) is 47.9 Å². The van der Waals surface area contributed by atoms with E-state index in [-0.39, 0.29) is 5.75 Å². The normalized spacial score (nSPS) is 11.1. The number of aromatic hydroxyl groups is 1. The fraction of sp³-hybridized carbons (Fsp3) is 0.138. The molecule has 5 aromatic rings. The zero-order valence-corrected chi connectivity index (χ0v) is 19.1. The third-order valence-electron chi connectivity index (χ3n) is 5.81. The Labute approximate surface area is 198 Å². The zero-order chi connectivity index (χ0) is 23.7. The number of nitrogens with zero attached hydrogens (tertiary/aromatic N) is 4. The van der Waals surface area contributed by atoms with Crippen LogP contribution in [0.25, 0.3) is 49.7 Å². The molecule has 5 nitrogen and oxygen atoms in total. The number of phenolic OH excluding ortho intramolecular Hbond substituents is 1. The Morgan fingerprint density at radius 3 is 2.50 bits per heavy atom. The van der Waals surface area contributed by atoms with Crippen LogP contribution < -0.4 is 0 Å². The standard InChI is InChI=1S/C29H24N4O/c1-19(2)18-33-26-12-7-10-23(20-8-6-9-21(16-20)25-11-4-5-15-31-25)28(26)32-29(33)24-17-22(30-3)13-14-27(24)34/h4-17,19,34H,18H2,1-2H3. The fourth-order valence-electron chi connectivity index (χ4n) is 4.29. The quantitative estimate of drug-likeness (QED) is 0.288. The van der Waals surface area contributed by atoms with Crippen molar-refractivity contribution in [1.82, 2.24) is 14.5 Å². The van der Waals surface area contributed by atoms with Crippen molar-refractivity contribution in [1.29, 1.82) is 0 Å². The zero-order valence-electron chi connectivity index (χ0n) is 19.1. The highest BCUT2D eigenvalue weighted by Gasteiger charge is 2.19. The summed E-state index contributed by atoms with van der Waals surface area (Å²) in [6.07, 6.45) is 1.80. The highest BCUT2D eigenvalue weighted by molar-refractivity contribution is 5.95. The SMILES string of the molecule is [C-]#[N+]c1ccc(O)c(-c2nc3c(-c4cccc(-c5ccccn5)c4)cccc3n2CC(C)C)c1. The molecule has 3 aromatic carbocycles. The number of rotatable bonds is 5. The van der Waals surface area contributed by atoms with Crippen LogP contribution in [0.3, 0.4) is 0 Å². The van der Waals surface area contributed by atoms with Crippen LogP contribution in [-0.2, 0) is 6.54 Å². The second-order valence-electron chi connectivity index (χ2n) is 8.72. The summed E-state index contributed by atoms with van der Waals surface area (Å²) in [5.41, 5.74) is 6.93. The van der Waals surface area contributed by atoms with Crippen LogP contribution in [0.15, 0.2) is 85.1 Å². The molecule has 0 aliphatic heterocycles. The van der Waals surface area contributed by atoms with Gasteiger partial charge in [0.2, 0.25) is 0 Å². The smallest absolute Gasteiger partial charge is 0.188 e. The van der Waals surface area contributed by atoms with Gasteiger partial charge in [-0.25, -0.2) is 9.83 Å².